The minimum absolute atomic E-state index is 0.205. The smallest absolute Gasteiger partial charge is 0.293 e. The van der Waals surface area contributed by atoms with Gasteiger partial charge in [-0.05, 0) is 25.5 Å². The van der Waals surface area contributed by atoms with E-state index in [1.807, 2.05) is 26.0 Å². The van der Waals surface area contributed by atoms with E-state index in [2.05, 4.69) is 30.2 Å². The maximum Gasteiger partial charge on any atom is 0.293 e. The van der Waals surface area contributed by atoms with Gasteiger partial charge in [-0.15, -0.1) is 0 Å². The zero-order valence-electron chi connectivity index (χ0n) is 19.5. The van der Waals surface area contributed by atoms with Gasteiger partial charge in [0.15, 0.2) is 11.5 Å². The largest absolute Gasteiger partial charge is 0.481 e. The molecule has 0 aliphatic carbocycles. The molecule has 176 valence electrons. The summed E-state index contributed by atoms with van der Waals surface area (Å²) in [5.41, 5.74) is 4.05. The molecule has 34 heavy (non-hydrogen) atoms. The summed E-state index contributed by atoms with van der Waals surface area (Å²) in [6, 6.07) is 5.58. The lowest BCUT2D eigenvalue weighted by molar-refractivity contribution is 0.127. The Bertz CT molecular complexity index is 1310. The molecule has 0 saturated heterocycles. The second-order valence-electron chi connectivity index (χ2n) is 7.69. The van der Waals surface area contributed by atoms with Crippen LogP contribution >= 0.6 is 0 Å². The molecular weight excluding hydrogens is 434 g/mol. The van der Waals surface area contributed by atoms with E-state index in [-0.39, 0.29) is 11.4 Å². The number of rotatable bonds is 10. The van der Waals surface area contributed by atoms with Gasteiger partial charge in [0, 0.05) is 48.9 Å². The molecule has 0 aliphatic rings. The number of methoxy groups -OCH3 is 1. The zero-order valence-corrected chi connectivity index (χ0v) is 19.5. The van der Waals surface area contributed by atoms with Crippen LogP contribution in [0.1, 0.15) is 24.7 Å². The molecule has 4 rings (SSSR count). The van der Waals surface area contributed by atoms with Gasteiger partial charge < -0.3 is 14.8 Å². The maximum atomic E-state index is 13.3. The van der Waals surface area contributed by atoms with E-state index < -0.39 is 0 Å². The molecule has 0 amide bonds. The predicted molar refractivity (Wildman–Crippen MR) is 129 cm³/mol. The van der Waals surface area contributed by atoms with Crippen molar-refractivity contribution in [3.05, 3.63) is 64.7 Å². The van der Waals surface area contributed by atoms with Crippen molar-refractivity contribution >= 4 is 17.0 Å². The summed E-state index contributed by atoms with van der Waals surface area (Å²) >= 11 is 0. The lowest BCUT2D eigenvalue weighted by atomic mass is 10.1. The fourth-order valence-corrected chi connectivity index (χ4v) is 3.38. The van der Waals surface area contributed by atoms with E-state index in [4.69, 9.17) is 9.47 Å². The van der Waals surface area contributed by atoms with Crippen LogP contribution in [0.4, 0.5) is 5.82 Å². The fourth-order valence-electron chi connectivity index (χ4n) is 3.38. The Labute approximate surface area is 197 Å². The van der Waals surface area contributed by atoms with Crippen molar-refractivity contribution in [1.82, 2.24) is 29.5 Å². The van der Waals surface area contributed by atoms with Gasteiger partial charge in [-0.1, -0.05) is 6.92 Å². The third-order valence-corrected chi connectivity index (χ3v) is 5.16. The van der Waals surface area contributed by atoms with E-state index in [1.54, 1.807) is 42.5 Å². The number of anilines is 1. The molecule has 0 spiro atoms. The van der Waals surface area contributed by atoms with Gasteiger partial charge in [0.1, 0.15) is 0 Å². The lowest BCUT2D eigenvalue weighted by Gasteiger charge is -2.14. The molecular formula is C24H27N7O3. The van der Waals surface area contributed by atoms with Crippen LogP contribution in [0.15, 0.2) is 47.8 Å². The van der Waals surface area contributed by atoms with Crippen LogP contribution in [0.3, 0.4) is 0 Å². The van der Waals surface area contributed by atoms with Crippen LogP contribution in [0.2, 0.25) is 0 Å². The Morgan fingerprint density at radius 3 is 2.56 bits per heavy atom. The molecule has 4 aromatic heterocycles. The standard InChI is InChI=1S/C24H27N7O3/c1-4-8-34-9-7-31-20-10-18(17-5-6-21(33-3)27-12-17)13-28-22(20)30-23(24(31)32)29-15-19-14-25-16(2)11-26-19/h5-6,10-14H,4,7-9,15H2,1-3H3,(H,28,29,30). The number of nitrogens with zero attached hydrogens (tertiary/aromatic N) is 6. The predicted octanol–water partition coefficient (Wildman–Crippen LogP) is 3.00. The lowest BCUT2D eigenvalue weighted by Crippen LogP contribution is -2.27. The fraction of sp³-hybridized carbons (Fsp3) is 0.333. The minimum Gasteiger partial charge on any atom is -0.481 e. The number of aryl methyl sites for hydroxylation is 1. The summed E-state index contributed by atoms with van der Waals surface area (Å²) in [7, 11) is 1.57. The number of pyridine rings is 2. The van der Waals surface area contributed by atoms with E-state index in [0.717, 1.165) is 23.2 Å². The Morgan fingerprint density at radius 2 is 1.85 bits per heavy atom. The summed E-state index contributed by atoms with van der Waals surface area (Å²) in [5.74, 6) is 0.731. The van der Waals surface area contributed by atoms with Gasteiger partial charge in [0.25, 0.3) is 5.56 Å². The molecule has 10 nitrogen and oxygen atoms in total. The third-order valence-electron chi connectivity index (χ3n) is 5.16. The second-order valence-corrected chi connectivity index (χ2v) is 7.69. The quantitative estimate of drug-likeness (QED) is 0.356. The highest BCUT2D eigenvalue weighted by Crippen LogP contribution is 2.23. The molecule has 0 unspecified atom stereocenters. The number of nitrogens with one attached hydrogen (secondary N) is 1. The number of hydrogen-bond donors (Lipinski definition) is 1. The van der Waals surface area contributed by atoms with Crippen LogP contribution in [-0.2, 0) is 17.8 Å². The topological polar surface area (TPSA) is 117 Å². The first-order chi connectivity index (χ1) is 16.6. The first-order valence-electron chi connectivity index (χ1n) is 11.1. The number of ether oxygens (including phenoxy) is 2. The molecule has 4 heterocycles. The summed E-state index contributed by atoms with van der Waals surface area (Å²) in [6.07, 6.45) is 7.70. The Kier molecular flexibility index (Phi) is 7.38. The van der Waals surface area contributed by atoms with Crippen LogP contribution in [0.5, 0.6) is 5.88 Å². The Hall–Kier alpha value is -3.92. The van der Waals surface area contributed by atoms with Gasteiger partial charge in [-0.3, -0.25) is 19.3 Å². The van der Waals surface area contributed by atoms with E-state index >= 15 is 0 Å². The maximum absolute atomic E-state index is 13.3. The average molecular weight is 462 g/mol. The van der Waals surface area contributed by atoms with Gasteiger partial charge in [-0.25, -0.2) is 15.0 Å². The first-order valence-corrected chi connectivity index (χ1v) is 11.1. The first kappa shape index (κ1) is 23.2. The Balaban J connectivity index is 1.69. The van der Waals surface area contributed by atoms with Crippen molar-refractivity contribution in [2.45, 2.75) is 33.4 Å². The normalized spacial score (nSPS) is 11.0. The highest BCUT2D eigenvalue weighted by Gasteiger charge is 2.14. The van der Waals surface area contributed by atoms with E-state index in [9.17, 15) is 4.79 Å². The molecule has 10 heteroatoms. The summed E-state index contributed by atoms with van der Waals surface area (Å²) in [4.78, 5) is 35.2. The summed E-state index contributed by atoms with van der Waals surface area (Å²) in [6.45, 7) is 5.66. The van der Waals surface area contributed by atoms with Gasteiger partial charge in [0.05, 0.1) is 43.4 Å². The molecule has 0 bridgehead atoms. The van der Waals surface area contributed by atoms with Gasteiger partial charge >= 0.3 is 0 Å². The molecule has 0 aliphatic heterocycles. The number of fused-ring (bicyclic) bond motifs is 1. The van der Waals surface area contributed by atoms with Crippen molar-refractivity contribution in [2.24, 2.45) is 0 Å². The number of aromatic nitrogens is 6. The highest BCUT2D eigenvalue weighted by atomic mass is 16.5. The van der Waals surface area contributed by atoms with E-state index in [1.165, 1.54) is 0 Å². The van der Waals surface area contributed by atoms with Gasteiger partial charge in [-0.2, -0.15) is 0 Å². The zero-order chi connectivity index (χ0) is 23.9. The molecule has 0 atom stereocenters. The minimum atomic E-state index is -0.250. The molecule has 0 fully saturated rings. The molecule has 0 saturated carbocycles. The van der Waals surface area contributed by atoms with Crippen molar-refractivity contribution in [2.75, 3.05) is 25.6 Å². The summed E-state index contributed by atoms with van der Waals surface area (Å²) in [5, 5.41) is 3.09. The van der Waals surface area contributed by atoms with Crippen molar-refractivity contribution in [1.29, 1.82) is 0 Å². The molecule has 1 N–H and O–H groups in total. The summed E-state index contributed by atoms with van der Waals surface area (Å²) < 4.78 is 12.4. The molecule has 0 radical (unpaired) electrons. The third kappa shape index (κ3) is 5.34. The van der Waals surface area contributed by atoms with Crippen LogP contribution in [0.25, 0.3) is 22.3 Å². The number of hydrogen-bond acceptors (Lipinski definition) is 9. The monoisotopic (exact) mass is 461 g/mol. The van der Waals surface area contributed by atoms with Crippen LogP contribution < -0.4 is 15.6 Å². The van der Waals surface area contributed by atoms with E-state index in [0.29, 0.717) is 49.0 Å². The Morgan fingerprint density at radius 1 is 1.00 bits per heavy atom. The SMILES string of the molecule is CCCOCCn1c(=O)c(NCc2cnc(C)cn2)nc2ncc(-c3ccc(OC)nc3)cc21. The van der Waals surface area contributed by atoms with Crippen molar-refractivity contribution < 1.29 is 9.47 Å². The second kappa shape index (κ2) is 10.8. The molecule has 0 aromatic carbocycles. The van der Waals surface area contributed by atoms with Gasteiger partial charge in [0.2, 0.25) is 5.88 Å². The molecule has 4 aromatic rings. The highest BCUT2D eigenvalue weighted by molar-refractivity contribution is 5.78. The van der Waals surface area contributed by atoms with Crippen molar-refractivity contribution in [3.8, 4) is 17.0 Å². The van der Waals surface area contributed by atoms with Crippen LogP contribution in [-0.4, -0.2) is 49.8 Å². The van der Waals surface area contributed by atoms with Crippen LogP contribution in [0, 0.1) is 6.92 Å². The average Bonchev–Trinajstić information content (AvgIpc) is 2.87. The van der Waals surface area contributed by atoms with Crippen molar-refractivity contribution in [3.63, 3.8) is 0 Å².